The Morgan fingerprint density at radius 1 is 1.19 bits per heavy atom. The number of anilines is 2. The summed E-state index contributed by atoms with van der Waals surface area (Å²) in [5, 5.41) is 13.6. The van der Waals surface area contributed by atoms with Crippen LogP contribution in [-0.2, 0) is 6.42 Å². The van der Waals surface area contributed by atoms with E-state index in [1.807, 2.05) is 30.3 Å². The van der Waals surface area contributed by atoms with E-state index in [0.29, 0.717) is 13.0 Å². The molecular weight excluding hydrogens is 270 g/mol. The second kappa shape index (κ2) is 5.24. The van der Waals surface area contributed by atoms with E-state index in [1.165, 1.54) is 12.1 Å². The number of fused-ring (bicyclic) bond motifs is 1. The molecule has 21 heavy (non-hydrogen) atoms. The van der Waals surface area contributed by atoms with Gasteiger partial charge in [-0.15, -0.1) is 0 Å². The van der Waals surface area contributed by atoms with Crippen LogP contribution in [0.25, 0.3) is 0 Å². The first-order valence-corrected chi connectivity index (χ1v) is 6.56. The number of benzene rings is 2. The molecule has 1 aliphatic rings. The molecule has 0 aliphatic carbocycles. The quantitative estimate of drug-likeness (QED) is 0.679. The van der Waals surface area contributed by atoms with Gasteiger partial charge in [-0.2, -0.15) is 0 Å². The first kappa shape index (κ1) is 13.1. The fraction of sp³-hybridized carbons (Fsp3) is 0.133. The first-order chi connectivity index (χ1) is 10.1. The van der Waals surface area contributed by atoms with Crippen molar-refractivity contribution in [3.63, 3.8) is 0 Å². The zero-order chi connectivity index (χ0) is 14.8. The van der Waals surface area contributed by atoms with E-state index in [4.69, 9.17) is 0 Å². The van der Waals surface area contributed by atoms with Gasteiger partial charge in [0.2, 0.25) is 0 Å². The highest BCUT2D eigenvalue weighted by Gasteiger charge is 2.26. The van der Waals surface area contributed by atoms with E-state index >= 15 is 0 Å². The predicted octanol–water partition coefficient (Wildman–Crippen LogP) is 3.19. The number of nitrogens with zero attached hydrogens (tertiary/aromatic N) is 2. The van der Waals surface area contributed by atoms with Crippen molar-refractivity contribution < 1.29 is 9.72 Å². The van der Waals surface area contributed by atoms with Crippen molar-refractivity contribution in [2.24, 2.45) is 0 Å². The maximum Gasteiger partial charge on any atom is 0.326 e. The summed E-state index contributed by atoms with van der Waals surface area (Å²) >= 11 is 0. The molecule has 0 fully saturated rings. The maximum atomic E-state index is 12.3. The van der Waals surface area contributed by atoms with Gasteiger partial charge >= 0.3 is 6.03 Å². The average molecular weight is 283 g/mol. The van der Waals surface area contributed by atoms with Crippen LogP contribution in [0.15, 0.2) is 48.5 Å². The number of urea groups is 1. The van der Waals surface area contributed by atoms with Crippen molar-refractivity contribution in [2.75, 3.05) is 16.8 Å². The van der Waals surface area contributed by atoms with E-state index < -0.39 is 4.92 Å². The lowest BCUT2D eigenvalue weighted by atomic mass is 10.1. The number of rotatable bonds is 2. The lowest BCUT2D eigenvalue weighted by Gasteiger charge is -2.18. The third kappa shape index (κ3) is 2.55. The summed E-state index contributed by atoms with van der Waals surface area (Å²) in [7, 11) is 0. The molecule has 2 aromatic carbocycles. The number of carbonyl (C=O) groups excluding carboxylic acids is 1. The molecule has 0 radical (unpaired) electrons. The Hall–Kier alpha value is -2.89. The molecule has 0 saturated heterocycles. The van der Waals surface area contributed by atoms with Gasteiger partial charge in [-0.05, 0) is 30.2 Å². The standard InChI is InChI=1S/C15H13N3O3/c19-15(16-12-4-2-1-3-5-12)17-9-8-11-10-13(18(20)21)6-7-14(11)17/h1-7,10H,8-9H2,(H,16,19). The largest absolute Gasteiger partial charge is 0.326 e. The van der Waals surface area contributed by atoms with E-state index in [9.17, 15) is 14.9 Å². The molecule has 1 heterocycles. The summed E-state index contributed by atoms with van der Waals surface area (Å²) in [4.78, 5) is 24.2. The number of amides is 2. The molecule has 0 spiro atoms. The molecule has 0 saturated carbocycles. The summed E-state index contributed by atoms with van der Waals surface area (Å²) < 4.78 is 0. The van der Waals surface area contributed by atoms with Crippen molar-refractivity contribution in [1.29, 1.82) is 0 Å². The van der Waals surface area contributed by atoms with Crippen LogP contribution in [0.2, 0.25) is 0 Å². The van der Waals surface area contributed by atoms with Crippen molar-refractivity contribution >= 4 is 23.1 Å². The van der Waals surface area contributed by atoms with Gasteiger partial charge in [-0.1, -0.05) is 18.2 Å². The Labute approximate surface area is 121 Å². The lowest BCUT2D eigenvalue weighted by Crippen LogP contribution is -2.33. The molecule has 6 nitrogen and oxygen atoms in total. The second-order valence-corrected chi connectivity index (χ2v) is 4.77. The summed E-state index contributed by atoms with van der Waals surface area (Å²) in [5.74, 6) is 0. The number of non-ortho nitro benzene ring substituents is 1. The van der Waals surface area contributed by atoms with Crippen molar-refractivity contribution in [2.45, 2.75) is 6.42 Å². The van der Waals surface area contributed by atoms with Crippen LogP contribution in [0.1, 0.15) is 5.56 Å². The normalized spacial score (nSPS) is 12.9. The topological polar surface area (TPSA) is 75.5 Å². The summed E-state index contributed by atoms with van der Waals surface area (Å²) in [6, 6.07) is 13.5. The fourth-order valence-electron chi connectivity index (χ4n) is 2.43. The molecule has 0 atom stereocenters. The monoisotopic (exact) mass is 283 g/mol. The Kier molecular flexibility index (Phi) is 3.27. The Morgan fingerprint density at radius 2 is 1.95 bits per heavy atom. The number of nitro groups is 1. The van der Waals surface area contributed by atoms with Gasteiger partial charge in [0.1, 0.15) is 0 Å². The van der Waals surface area contributed by atoms with Crippen LogP contribution in [0.5, 0.6) is 0 Å². The maximum absolute atomic E-state index is 12.3. The van der Waals surface area contributed by atoms with E-state index in [1.54, 1.807) is 11.0 Å². The number of nitrogens with one attached hydrogen (secondary N) is 1. The van der Waals surface area contributed by atoms with Gasteiger partial charge in [0.25, 0.3) is 5.69 Å². The van der Waals surface area contributed by atoms with Gasteiger partial charge in [0.05, 0.1) is 4.92 Å². The number of carbonyl (C=O) groups is 1. The molecule has 0 unspecified atom stereocenters. The van der Waals surface area contributed by atoms with Gasteiger partial charge in [-0.25, -0.2) is 4.79 Å². The third-order valence-electron chi connectivity index (χ3n) is 3.44. The predicted molar refractivity (Wildman–Crippen MR) is 79.6 cm³/mol. The molecule has 0 aromatic heterocycles. The Balaban J connectivity index is 1.81. The highest BCUT2D eigenvalue weighted by atomic mass is 16.6. The molecule has 106 valence electrons. The Morgan fingerprint density at radius 3 is 2.67 bits per heavy atom. The number of hydrogen-bond donors (Lipinski definition) is 1. The SMILES string of the molecule is O=C(Nc1ccccc1)N1CCc2cc([N+](=O)[O-])ccc21. The van der Waals surface area contributed by atoms with E-state index in [2.05, 4.69) is 5.32 Å². The molecule has 2 amide bonds. The summed E-state index contributed by atoms with van der Waals surface area (Å²) in [6.07, 6.45) is 0.624. The van der Waals surface area contributed by atoms with E-state index in [0.717, 1.165) is 16.9 Å². The van der Waals surface area contributed by atoms with Gasteiger partial charge in [-0.3, -0.25) is 15.0 Å². The van der Waals surface area contributed by atoms with Gasteiger partial charge < -0.3 is 5.32 Å². The number of para-hydroxylation sites is 1. The van der Waals surface area contributed by atoms with Crippen LogP contribution < -0.4 is 10.2 Å². The fourth-order valence-corrected chi connectivity index (χ4v) is 2.43. The van der Waals surface area contributed by atoms with Crippen LogP contribution in [0, 0.1) is 10.1 Å². The smallest absolute Gasteiger partial charge is 0.308 e. The van der Waals surface area contributed by atoms with Crippen LogP contribution in [0.3, 0.4) is 0 Å². The zero-order valence-electron chi connectivity index (χ0n) is 11.2. The lowest BCUT2D eigenvalue weighted by molar-refractivity contribution is -0.384. The minimum Gasteiger partial charge on any atom is -0.308 e. The van der Waals surface area contributed by atoms with Gasteiger partial charge in [0.15, 0.2) is 0 Å². The molecular formula is C15H13N3O3. The van der Waals surface area contributed by atoms with Crippen LogP contribution in [0.4, 0.5) is 21.9 Å². The highest BCUT2D eigenvalue weighted by Crippen LogP contribution is 2.31. The van der Waals surface area contributed by atoms with Crippen molar-refractivity contribution in [3.8, 4) is 0 Å². The van der Waals surface area contributed by atoms with E-state index in [-0.39, 0.29) is 11.7 Å². The number of hydrogen-bond acceptors (Lipinski definition) is 3. The molecule has 0 bridgehead atoms. The second-order valence-electron chi connectivity index (χ2n) is 4.77. The van der Waals surface area contributed by atoms with Gasteiger partial charge in [0, 0.05) is 30.1 Å². The third-order valence-corrected chi connectivity index (χ3v) is 3.44. The molecule has 1 N–H and O–H groups in total. The molecule has 6 heteroatoms. The van der Waals surface area contributed by atoms with Crippen molar-refractivity contribution in [1.82, 2.24) is 0 Å². The summed E-state index contributed by atoms with van der Waals surface area (Å²) in [5.41, 5.74) is 2.33. The zero-order valence-corrected chi connectivity index (χ0v) is 11.2. The minimum atomic E-state index is -0.424. The molecule has 2 aromatic rings. The summed E-state index contributed by atoms with van der Waals surface area (Å²) in [6.45, 7) is 0.523. The molecule has 3 rings (SSSR count). The van der Waals surface area contributed by atoms with Crippen LogP contribution >= 0.6 is 0 Å². The Bertz CT molecular complexity index is 701. The first-order valence-electron chi connectivity index (χ1n) is 6.56. The highest BCUT2D eigenvalue weighted by molar-refractivity contribution is 6.03. The van der Waals surface area contributed by atoms with Crippen LogP contribution in [-0.4, -0.2) is 17.5 Å². The van der Waals surface area contributed by atoms with Crippen molar-refractivity contribution in [3.05, 3.63) is 64.2 Å². The number of nitro benzene ring substituents is 1. The molecule has 1 aliphatic heterocycles. The average Bonchev–Trinajstić information content (AvgIpc) is 2.91. The minimum absolute atomic E-state index is 0.0547.